The maximum absolute atomic E-state index is 12.0. The van der Waals surface area contributed by atoms with Crippen LogP contribution in [0.1, 0.15) is 0 Å². The Morgan fingerprint density at radius 3 is 2.64 bits per heavy atom. The fourth-order valence-electron chi connectivity index (χ4n) is 1.29. The van der Waals surface area contributed by atoms with Crippen molar-refractivity contribution in [1.82, 2.24) is 0 Å². The maximum atomic E-state index is 12.0. The van der Waals surface area contributed by atoms with Crippen molar-refractivity contribution in [2.45, 2.75) is 8.96 Å². The number of hydrogen-bond donors (Lipinski definition) is 1. The molecule has 1 aromatic rings. The summed E-state index contributed by atoms with van der Waals surface area (Å²) in [6.45, 7) is -0.208. The lowest BCUT2D eigenvalue weighted by molar-refractivity contribution is -0.0366. The Bertz CT molecular complexity index is 397. The molecule has 4 nitrogen and oxygen atoms in total. The predicted molar refractivity (Wildman–Crippen MR) is 52.1 cm³/mol. The van der Waals surface area contributed by atoms with Crippen molar-refractivity contribution in [2.24, 2.45) is 0 Å². The molecule has 0 saturated carbocycles. The summed E-state index contributed by atoms with van der Waals surface area (Å²) in [5.41, 5.74) is 0. The molecular formula is C8H10O4S2. The third kappa shape index (κ3) is 1.22. The zero-order valence-corrected chi connectivity index (χ0v) is 8.97. The number of hydrogen-bond acceptors (Lipinski definition) is 5. The SMILES string of the molecule is O=S(=O)(c1cccs1)C1(CO)COC1. The van der Waals surface area contributed by atoms with Gasteiger partial charge in [-0.15, -0.1) is 11.3 Å². The first kappa shape index (κ1) is 10.1. The number of aliphatic hydroxyl groups is 1. The fraction of sp³-hybridized carbons (Fsp3) is 0.500. The number of aliphatic hydroxyl groups excluding tert-OH is 1. The van der Waals surface area contributed by atoms with Crippen molar-refractivity contribution in [3.05, 3.63) is 17.5 Å². The van der Waals surface area contributed by atoms with Crippen LogP contribution >= 0.6 is 11.3 Å². The minimum atomic E-state index is -3.43. The standard InChI is InChI=1S/C8H10O4S2/c9-4-8(5-12-6-8)14(10,11)7-2-1-3-13-7/h1-3,9H,4-6H2. The van der Waals surface area contributed by atoms with Gasteiger partial charge in [0.15, 0.2) is 9.84 Å². The highest BCUT2D eigenvalue weighted by Crippen LogP contribution is 2.34. The third-order valence-corrected chi connectivity index (χ3v) is 6.13. The summed E-state index contributed by atoms with van der Waals surface area (Å²) in [6, 6.07) is 3.23. The second-order valence-corrected chi connectivity index (χ2v) is 6.79. The van der Waals surface area contributed by atoms with Crippen LogP contribution < -0.4 is 0 Å². The van der Waals surface area contributed by atoms with Crippen molar-refractivity contribution < 1.29 is 18.3 Å². The summed E-state index contributed by atoms with van der Waals surface area (Å²) in [4.78, 5) is 0. The molecule has 1 aliphatic rings. The highest BCUT2D eigenvalue weighted by Gasteiger charge is 2.51. The largest absolute Gasteiger partial charge is 0.395 e. The van der Waals surface area contributed by atoms with Crippen LogP contribution in [0.25, 0.3) is 0 Å². The second kappa shape index (κ2) is 3.30. The van der Waals surface area contributed by atoms with Gasteiger partial charge in [0, 0.05) is 0 Å². The van der Waals surface area contributed by atoms with E-state index in [2.05, 4.69) is 0 Å². The monoisotopic (exact) mass is 234 g/mol. The molecule has 14 heavy (non-hydrogen) atoms. The Morgan fingerprint density at radius 2 is 2.29 bits per heavy atom. The van der Waals surface area contributed by atoms with Gasteiger partial charge in [-0.3, -0.25) is 0 Å². The highest BCUT2D eigenvalue weighted by molar-refractivity contribution is 7.94. The van der Waals surface area contributed by atoms with E-state index in [1.807, 2.05) is 0 Å². The first-order valence-corrected chi connectivity index (χ1v) is 6.45. The van der Waals surface area contributed by atoms with Gasteiger partial charge in [0.05, 0.1) is 19.8 Å². The maximum Gasteiger partial charge on any atom is 0.200 e. The van der Waals surface area contributed by atoms with Crippen molar-refractivity contribution >= 4 is 21.2 Å². The van der Waals surface area contributed by atoms with E-state index in [9.17, 15) is 8.42 Å². The van der Waals surface area contributed by atoms with E-state index in [4.69, 9.17) is 9.84 Å². The molecule has 0 spiro atoms. The normalized spacial score (nSPS) is 20.4. The average molecular weight is 234 g/mol. The predicted octanol–water partition coefficient (Wildman–Crippen LogP) is 0.283. The van der Waals surface area contributed by atoms with Crippen LogP contribution in [-0.2, 0) is 14.6 Å². The lowest BCUT2D eigenvalue weighted by Crippen LogP contribution is -2.58. The summed E-state index contributed by atoms with van der Waals surface area (Å²) in [5.74, 6) is 0. The Morgan fingerprint density at radius 1 is 1.57 bits per heavy atom. The molecule has 6 heteroatoms. The summed E-state index contributed by atoms with van der Waals surface area (Å²) in [7, 11) is -3.43. The zero-order chi connectivity index (χ0) is 10.2. The number of ether oxygens (including phenoxy) is 1. The summed E-state index contributed by atoms with van der Waals surface area (Å²) >= 11 is 1.17. The van der Waals surface area contributed by atoms with Gasteiger partial charge in [0.25, 0.3) is 0 Å². The van der Waals surface area contributed by atoms with Gasteiger partial charge in [0.2, 0.25) is 0 Å². The molecule has 1 aromatic heterocycles. The van der Waals surface area contributed by atoms with Crippen molar-refractivity contribution in [3.63, 3.8) is 0 Å². The molecule has 1 saturated heterocycles. The Labute approximate surface area is 86.1 Å². The molecule has 0 aromatic carbocycles. The minimum Gasteiger partial charge on any atom is -0.395 e. The number of thiophene rings is 1. The molecule has 1 N–H and O–H groups in total. The molecule has 2 rings (SSSR count). The molecule has 0 radical (unpaired) electrons. The Kier molecular flexibility index (Phi) is 2.38. The first-order valence-electron chi connectivity index (χ1n) is 4.09. The summed E-state index contributed by atoms with van der Waals surface area (Å²) < 4.78 is 28.1. The van der Waals surface area contributed by atoms with Gasteiger partial charge < -0.3 is 9.84 Å². The number of rotatable bonds is 3. The summed E-state index contributed by atoms with van der Waals surface area (Å²) in [6.07, 6.45) is 0. The quantitative estimate of drug-likeness (QED) is 0.816. The van der Waals surface area contributed by atoms with Crippen molar-refractivity contribution in [2.75, 3.05) is 19.8 Å². The molecule has 0 amide bonds. The van der Waals surface area contributed by atoms with Crippen LogP contribution in [0.2, 0.25) is 0 Å². The lowest BCUT2D eigenvalue weighted by atomic mass is 10.1. The van der Waals surface area contributed by atoms with E-state index in [-0.39, 0.29) is 19.8 Å². The smallest absolute Gasteiger partial charge is 0.200 e. The van der Waals surface area contributed by atoms with Crippen molar-refractivity contribution in [1.29, 1.82) is 0 Å². The van der Waals surface area contributed by atoms with Crippen LogP contribution in [0.4, 0.5) is 0 Å². The Balaban J connectivity index is 2.42. The van der Waals surface area contributed by atoms with Crippen LogP contribution in [0, 0.1) is 0 Å². The van der Waals surface area contributed by atoms with Crippen LogP contribution in [0.3, 0.4) is 0 Å². The molecule has 78 valence electrons. The molecule has 0 unspecified atom stereocenters. The molecule has 0 bridgehead atoms. The molecule has 1 fully saturated rings. The fourth-order valence-corrected chi connectivity index (χ4v) is 4.27. The van der Waals surface area contributed by atoms with E-state index >= 15 is 0 Å². The molecule has 0 atom stereocenters. The van der Waals surface area contributed by atoms with E-state index in [1.54, 1.807) is 17.5 Å². The van der Waals surface area contributed by atoms with E-state index in [0.717, 1.165) is 0 Å². The van der Waals surface area contributed by atoms with Gasteiger partial charge >= 0.3 is 0 Å². The van der Waals surface area contributed by atoms with Gasteiger partial charge in [0.1, 0.15) is 8.96 Å². The van der Waals surface area contributed by atoms with E-state index < -0.39 is 14.6 Å². The van der Waals surface area contributed by atoms with Crippen LogP contribution in [0.5, 0.6) is 0 Å². The highest BCUT2D eigenvalue weighted by atomic mass is 32.2. The molecule has 2 heterocycles. The van der Waals surface area contributed by atoms with Gasteiger partial charge in [-0.1, -0.05) is 6.07 Å². The van der Waals surface area contributed by atoms with Gasteiger partial charge in [-0.2, -0.15) is 0 Å². The second-order valence-electron chi connectivity index (χ2n) is 3.27. The molecule has 0 aliphatic carbocycles. The molecule has 1 aliphatic heterocycles. The molecular weight excluding hydrogens is 224 g/mol. The van der Waals surface area contributed by atoms with E-state index in [0.29, 0.717) is 4.21 Å². The third-order valence-electron chi connectivity index (χ3n) is 2.35. The van der Waals surface area contributed by atoms with Gasteiger partial charge in [-0.25, -0.2) is 8.42 Å². The number of sulfone groups is 1. The van der Waals surface area contributed by atoms with Crippen LogP contribution in [-0.4, -0.2) is 38.1 Å². The van der Waals surface area contributed by atoms with Crippen molar-refractivity contribution in [3.8, 4) is 0 Å². The minimum absolute atomic E-state index is 0.0870. The average Bonchev–Trinajstić information content (AvgIpc) is 2.53. The zero-order valence-electron chi connectivity index (χ0n) is 7.34. The van der Waals surface area contributed by atoms with Gasteiger partial charge in [-0.05, 0) is 11.4 Å². The Hall–Kier alpha value is -0.430. The van der Waals surface area contributed by atoms with E-state index in [1.165, 1.54) is 11.3 Å². The summed E-state index contributed by atoms with van der Waals surface area (Å²) in [5, 5.41) is 10.8. The first-order chi connectivity index (χ1) is 6.62. The topological polar surface area (TPSA) is 63.6 Å². The van der Waals surface area contributed by atoms with Crippen LogP contribution in [0.15, 0.2) is 21.7 Å². The lowest BCUT2D eigenvalue weighted by Gasteiger charge is -2.38.